The van der Waals surface area contributed by atoms with Gasteiger partial charge < -0.3 is 0 Å². The molecule has 0 aromatic heterocycles. The predicted octanol–water partition coefficient (Wildman–Crippen LogP) is 8.75. The van der Waals surface area contributed by atoms with Gasteiger partial charge in [-0.1, -0.05) is 84.4 Å². The Hall–Kier alpha value is -2.12. The van der Waals surface area contributed by atoms with Crippen molar-refractivity contribution in [2.45, 2.75) is 57.8 Å². The van der Waals surface area contributed by atoms with Crippen molar-refractivity contribution in [2.24, 2.45) is 0 Å². The number of hydrogen-bond acceptors (Lipinski definition) is 0. The van der Waals surface area contributed by atoms with E-state index in [9.17, 15) is 0 Å². The second kappa shape index (κ2) is 8.19. The number of rotatable bonds is 2. The summed E-state index contributed by atoms with van der Waals surface area (Å²) in [6.07, 6.45) is 5.91. The first kappa shape index (κ1) is 19.8. The average Bonchev–Trinajstić information content (AvgIpc) is 2.90. The van der Waals surface area contributed by atoms with E-state index in [0.717, 1.165) is 6.42 Å². The minimum atomic E-state index is 0.566. The Bertz CT molecular complexity index is 1070. The average molecular weight is 457 g/mol. The van der Waals surface area contributed by atoms with Crippen LogP contribution in [0.3, 0.4) is 0 Å². The molecular weight excluding hydrogens is 428 g/mol. The highest BCUT2D eigenvalue weighted by Crippen LogP contribution is 2.51. The fourth-order valence-corrected chi connectivity index (χ4v) is 6.27. The second-order valence-corrected chi connectivity index (χ2v) is 9.63. The van der Waals surface area contributed by atoms with Gasteiger partial charge in [0, 0.05) is 4.47 Å². The third-order valence-corrected chi connectivity index (χ3v) is 7.69. The van der Waals surface area contributed by atoms with Crippen LogP contribution in [0.5, 0.6) is 0 Å². The van der Waals surface area contributed by atoms with Gasteiger partial charge in [-0.05, 0) is 101 Å². The Kier molecular flexibility index (Phi) is 5.41. The molecule has 0 saturated heterocycles. The maximum atomic E-state index is 3.74. The van der Waals surface area contributed by atoms with Crippen LogP contribution < -0.4 is 0 Å². The van der Waals surface area contributed by atoms with Crippen LogP contribution in [0.25, 0.3) is 11.1 Å². The van der Waals surface area contributed by atoms with Crippen LogP contribution in [0.1, 0.15) is 84.7 Å². The van der Waals surface area contributed by atoms with Crippen molar-refractivity contribution in [3.05, 3.63) is 105 Å². The standard InChI is InChI=1S/C29H29Br/c1-3-21-22(4-2)24-12-6-8-14-26(24)29(25-13-7-5-11-23(21)25)27-15-9-10-19-16-17-20(30)18-28(19)27/h5-8,11-14,16-18,21-22H,3-4,9-10,15H2,1-2H3/t21-,22-/m1/s1. The second-order valence-electron chi connectivity index (χ2n) is 8.71. The number of fused-ring (bicyclic) bond motifs is 3. The van der Waals surface area contributed by atoms with E-state index < -0.39 is 0 Å². The van der Waals surface area contributed by atoms with Crippen molar-refractivity contribution in [2.75, 3.05) is 0 Å². The van der Waals surface area contributed by atoms with Crippen LogP contribution >= 0.6 is 15.9 Å². The lowest BCUT2D eigenvalue weighted by Crippen LogP contribution is -2.10. The fraction of sp³-hybridized carbons (Fsp3) is 0.310. The lowest BCUT2D eigenvalue weighted by molar-refractivity contribution is 0.511. The molecule has 0 nitrogen and oxygen atoms in total. The van der Waals surface area contributed by atoms with Gasteiger partial charge in [-0.25, -0.2) is 0 Å². The molecular formula is C29H29Br. The first-order valence-electron chi connectivity index (χ1n) is 11.4. The maximum Gasteiger partial charge on any atom is 0.0181 e. The lowest BCUT2D eigenvalue weighted by Gasteiger charge is -2.25. The summed E-state index contributed by atoms with van der Waals surface area (Å²) in [4.78, 5) is 0. The predicted molar refractivity (Wildman–Crippen MR) is 132 cm³/mol. The molecule has 0 unspecified atom stereocenters. The molecule has 2 atom stereocenters. The molecule has 0 spiro atoms. The van der Waals surface area contributed by atoms with Gasteiger partial charge in [0.25, 0.3) is 0 Å². The third-order valence-electron chi connectivity index (χ3n) is 7.20. The van der Waals surface area contributed by atoms with Crippen LogP contribution in [0.2, 0.25) is 0 Å². The van der Waals surface area contributed by atoms with Gasteiger partial charge in [0.2, 0.25) is 0 Å². The van der Waals surface area contributed by atoms with Crippen LogP contribution in [0, 0.1) is 0 Å². The molecule has 30 heavy (non-hydrogen) atoms. The molecule has 3 aromatic rings. The van der Waals surface area contributed by atoms with Gasteiger partial charge in [0.05, 0.1) is 0 Å². The number of hydrogen-bond donors (Lipinski definition) is 0. The molecule has 0 heterocycles. The molecule has 0 radical (unpaired) electrons. The largest absolute Gasteiger partial charge is 0.0648 e. The van der Waals surface area contributed by atoms with E-state index in [4.69, 9.17) is 0 Å². The molecule has 0 aliphatic heterocycles. The molecule has 1 heteroatoms. The highest BCUT2D eigenvalue weighted by molar-refractivity contribution is 9.10. The minimum absolute atomic E-state index is 0.566. The van der Waals surface area contributed by atoms with Gasteiger partial charge in [0.1, 0.15) is 0 Å². The Morgan fingerprint density at radius 1 is 0.733 bits per heavy atom. The van der Waals surface area contributed by atoms with Crippen molar-refractivity contribution in [3.8, 4) is 0 Å². The quantitative estimate of drug-likeness (QED) is 0.361. The molecule has 152 valence electrons. The Morgan fingerprint density at radius 3 is 1.93 bits per heavy atom. The Balaban J connectivity index is 1.90. The fourth-order valence-electron chi connectivity index (χ4n) is 5.91. The molecule has 5 rings (SSSR count). The number of aryl methyl sites for hydroxylation is 1. The SMILES string of the molecule is CC[C@H]1c2ccccc2C(=C2CCCc3ccc(Br)cc32)c2ccccc2[C@@H]1CC. The third kappa shape index (κ3) is 3.19. The summed E-state index contributed by atoms with van der Waals surface area (Å²) >= 11 is 3.74. The number of allylic oxidation sites excluding steroid dienone is 1. The normalized spacial score (nSPS) is 20.2. The lowest BCUT2D eigenvalue weighted by atomic mass is 9.78. The highest BCUT2D eigenvalue weighted by atomic mass is 79.9. The van der Waals surface area contributed by atoms with Gasteiger partial charge in [0.15, 0.2) is 0 Å². The molecule has 0 saturated carbocycles. The highest BCUT2D eigenvalue weighted by Gasteiger charge is 2.33. The van der Waals surface area contributed by atoms with Crippen molar-refractivity contribution < 1.29 is 0 Å². The molecule has 0 bridgehead atoms. The summed E-state index contributed by atoms with van der Waals surface area (Å²) in [7, 11) is 0. The zero-order valence-electron chi connectivity index (χ0n) is 17.9. The smallest absolute Gasteiger partial charge is 0.0181 e. The number of halogens is 1. The molecule has 2 aliphatic rings. The first-order valence-corrected chi connectivity index (χ1v) is 12.2. The molecule has 3 aromatic carbocycles. The maximum absolute atomic E-state index is 3.74. The molecule has 0 N–H and O–H groups in total. The summed E-state index contributed by atoms with van der Waals surface area (Å²) in [6, 6.07) is 25.3. The summed E-state index contributed by atoms with van der Waals surface area (Å²) in [5.41, 5.74) is 11.9. The van der Waals surface area contributed by atoms with E-state index in [1.54, 1.807) is 0 Å². The summed E-state index contributed by atoms with van der Waals surface area (Å²) in [5.74, 6) is 1.13. The van der Waals surface area contributed by atoms with Gasteiger partial charge >= 0.3 is 0 Å². The first-order chi connectivity index (χ1) is 14.7. The summed E-state index contributed by atoms with van der Waals surface area (Å²) in [5, 5.41) is 0. The van der Waals surface area contributed by atoms with E-state index in [1.807, 2.05) is 0 Å². The Morgan fingerprint density at radius 2 is 1.33 bits per heavy atom. The van der Waals surface area contributed by atoms with Crippen molar-refractivity contribution in [1.82, 2.24) is 0 Å². The van der Waals surface area contributed by atoms with E-state index >= 15 is 0 Å². The van der Waals surface area contributed by atoms with Crippen LogP contribution in [0.15, 0.2) is 71.2 Å². The molecule has 0 fully saturated rings. The van der Waals surface area contributed by atoms with Crippen molar-refractivity contribution in [1.29, 1.82) is 0 Å². The van der Waals surface area contributed by atoms with Crippen LogP contribution in [0.4, 0.5) is 0 Å². The van der Waals surface area contributed by atoms with Crippen molar-refractivity contribution >= 4 is 27.1 Å². The molecule has 0 amide bonds. The van der Waals surface area contributed by atoms with Crippen molar-refractivity contribution in [3.63, 3.8) is 0 Å². The van der Waals surface area contributed by atoms with E-state index in [2.05, 4.69) is 96.5 Å². The van der Waals surface area contributed by atoms with E-state index in [1.165, 1.54) is 74.7 Å². The van der Waals surface area contributed by atoms with E-state index in [0.29, 0.717) is 11.8 Å². The van der Waals surface area contributed by atoms with Crippen LogP contribution in [-0.2, 0) is 6.42 Å². The zero-order chi connectivity index (χ0) is 20.7. The van der Waals surface area contributed by atoms with Crippen LogP contribution in [-0.4, -0.2) is 0 Å². The zero-order valence-corrected chi connectivity index (χ0v) is 19.5. The van der Waals surface area contributed by atoms with Gasteiger partial charge in [-0.2, -0.15) is 0 Å². The van der Waals surface area contributed by atoms with E-state index in [-0.39, 0.29) is 0 Å². The monoisotopic (exact) mass is 456 g/mol. The summed E-state index contributed by atoms with van der Waals surface area (Å²) < 4.78 is 1.18. The molecule has 2 aliphatic carbocycles. The minimum Gasteiger partial charge on any atom is -0.0648 e. The topological polar surface area (TPSA) is 0 Å². The van der Waals surface area contributed by atoms with Gasteiger partial charge in [-0.3, -0.25) is 0 Å². The van der Waals surface area contributed by atoms with Gasteiger partial charge in [-0.15, -0.1) is 0 Å². The Labute approximate surface area is 189 Å². The number of benzene rings is 3. The summed E-state index contributed by atoms with van der Waals surface area (Å²) in [6.45, 7) is 4.72.